The molecule has 0 unspecified atom stereocenters. The minimum atomic E-state index is -2.25. The van der Waals surface area contributed by atoms with Gasteiger partial charge in [-0.05, 0) is 40.6 Å². The van der Waals surface area contributed by atoms with Crippen LogP contribution < -0.4 is 11.5 Å². The summed E-state index contributed by atoms with van der Waals surface area (Å²) >= 11 is 0. The number of hydrogen-bond acceptors (Lipinski definition) is 16. The Morgan fingerprint density at radius 1 is 0.390 bits per heavy atom. The molecular formula is C43H28N2O14. The van der Waals surface area contributed by atoms with E-state index in [2.05, 4.69) is 0 Å². The summed E-state index contributed by atoms with van der Waals surface area (Å²) in [5, 5.41) is 146. The largest absolute Gasteiger partial charge is 0.507 e. The third-order valence-corrected chi connectivity index (χ3v) is 11.4. The third-order valence-electron chi connectivity index (χ3n) is 11.4. The Morgan fingerprint density at radius 3 is 1.46 bits per heavy atom. The minimum absolute atomic E-state index is 0.105. The molecule has 1 aliphatic rings. The molecule has 17 N–H and O–H groups in total. The minimum Gasteiger partial charge on any atom is -0.507 e. The van der Waals surface area contributed by atoms with Crippen LogP contribution in [0.2, 0.25) is 0 Å². The summed E-state index contributed by atoms with van der Waals surface area (Å²) < 4.78 is 6.14. The van der Waals surface area contributed by atoms with Crippen molar-refractivity contribution in [1.82, 2.24) is 0 Å². The van der Waals surface area contributed by atoms with E-state index in [4.69, 9.17) is 15.9 Å². The van der Waals surface area contributed by atoms with Gasteiger partial charge in [0.15, 0.2) is 34.5 Å². The Bertz CT molecular complexity index is 3380. The van der Waals surface area contributed by atoms with Gasteiger partial charge in [0.25, 0.3) is 0 Å². The Kier molecular flexibility index (Phi) is 6.64. The summed E-state index contributed by atoms with van der Waals surface area (Å²) in [5.41, 5.74) is 8.52. The molecule has 294 valence electrons. The number of nitrogens with two attached hydrogens (primary N) is 2. The van der Waals surface area contributed by atoms with Crippen LogP contribution in [-0.4, -0.2) is 66.4 Å². The van der Waals surface area contributed by atoms with E-state index in [-0.39, 0.29) is 16.7 Å². The van der Waals surface area contributed by atoms with Crippen LogP contribution in [-0.2, 0) is 5.66 Å². The maximum atomic E-state index is 12.2. The SMILES string of the molecule is NC1(N)c2ccc(-c3c4c(O)c(O)c(O)c(O)c4c(-c4ccc5oc6cc7ccccc7cc6c5c4)c4c(O)c(O)c(O)c(O)c34)c(O)c2-c2c(O)c(O)c(O)c(O)c21. The molecule has 16 nitrogen and oxygen atoms in total. The highest BCUT2D eigenvalue weighted by atomic mass is 16.4. The second-order valence-corrected chi connectivity index (χ2v) is 14.4. The normalized spacial score (nSPS) is 13.3. The van der Waals surface area contributed by atoms with E-state index in [1.165, 1.54) is 12.1 Å². The monoisotopic (exact) mass is 796 g/mol. The number of phenols is 13. The van der Waals surface area contributed by atoms with E-state index in [0.29, 0.717) is 21.9 Å². The molecule has 0 saturated carbocycles. The van der Waals surface area contributed by atoms with Gasteiger partial charge in [-0.1, -0.05) is 42.5 Å². The van der Waals surface area contributed by atoms with Crippen LogP contribution in [0, 0.1) is 0 Å². The summed E-state index contributed by atoms with van der Waals surface area (Å²) in [7, 11) is 0. The fraction of sp³-hybridized carbons (Fsp3) is 0.0233. The van der Waals surface area contributed by atoms with E-state index >= 15 is 0 Å². The fourth-order valence-corrected chi connectivity index (χ4v) is 8.66. The molecule has 0 atom stereocenters. The number of furan rings is 1. The molecule has 0 fully saturated rings. The molecule has 1 aliphatic carbocycles. The fourth-order valence-electron chi connectivity index (χ4n) is 8.66. The average Bonchev–Trinajstić information content (AvgIpc) is 3.70. The maximum Gasteiger partial charge on any atom is 0.204 e. The van der Waals surface area contributed by atoms with Gasteiger partial charge in [0.1, 0.15) is 22.6 Å². The first kappa shape index (κ1) is 35.1. The van der Waals surface area contributed by atoms with Crippen molar-refractivity contribution in [3.63, 3.8) is 0 Å². The quantitative estimate of drug-likeness (QED) is 0.0376. The van der Waals surface area contributed by atoms with Crippen molar-refractivity contribution >= 4 is 54.3 Å². The predicted molar refractivity (Wildman–Crippen MR) is 213 cm³/mol. The molecule has 1 heterocycles. The van der Waals surface area contributed by atoms with E-state index in [1.807, 2.05) is 36.4 Å². The Balaban J connectivity index is 1.41. The Hall–Kier alpha value is -8.34. The highest BCUT2D eigenvalue weighted by Gasteiger charge is 2.46. The molecule has 16 heteroatoms. The molecule has 0 aliphatic heterocycles. The highest BCUT2D eigenvalue weighted by Crippen LogP contribution is 2.65. The molecule has 0 radical (unpaired) electrons. The zero-order chi connectivity index (χ0) is 41.9. The average molecular weight is 797 g/mol. The lowest BCUT2D eigenvalue weighted by Crippen LogP contribution is -2.45. The van der Waals surface area contributed by atoms with Crippen LogP contribution in [0.4, 0.5) is 0 Å². The summed E-state index contributed by atoms with van der Waals surface area (Å²) in [6.45, 7) is 0. The van der Waals surface area contributed by atoms with Gasteiger partial charge in [0.05, 0.1) is 0 Å². The van der Waals surface area contributed by atoms with Gasteiger partial charge < -0.3 is 82.3 Å². The number of hydrogen-bond donors (Lipinski definition) is 15. The lowest BCUT2D eigenvalue weighted by atomic mass is 9.82. The number of phenolic OH excluding ortho intramolecular Hbond substituents is 13. The van der Waals surface area contributed by atoms with Crippen molar-refractivity contribution in [2.45, 2.75) is 5.66 Å². The topological polar surface area (TPSA) is 328 Å². The number of aromatic hydroxyl groups is 13. The lowest BCUT2D eigenvalue weighted by molar-refractivity contribution is 0.340. The van der Waals surface area contributed by atoms with Crippen LogP contribution in [0.5, 0.6) is 74.7 Å². The summed E-state index contributed by atoms with van der Waals surface area (Å²) in [5.74, 6) is -14.9. The van der Waals surface area contributed by atoms with Crippen LogP contribution in [0.15, 0.2) is 71.1 Å². The van der Waals surface area contributed by atoms with Gasteiger partial charge in [0.2, 0.25) is 34.5 Å². The van der Waals surface area contributed by atoms with Gasteiger partial charge in [-0.2, -0.15) is 0 Å². The third kappa shape index (κ3) is 4.16. The van der Waals surface area contributed by atoms with Gasteiger partial charge >= 0.3 is 0 Å². The van der Waals surface area contributed by atoms with E-state index in [1.54, 1.807) is 12.1 Å². The molecule has 10 rings (SSSR count). The zero-order valence-corrected chi connectivity index (χ0v) is 29.7. The van der Waals surface area contributed by atoms with Gasteiger partial charge in [0, 0.05) is 71.3 Å². The second kappa shape index (κ2) is 11.2. The van der Waals surface area contributed by atoms with Crippen LogP contribution >= 0.6 is 0 Å². The maximum absolute atomic E-state index is 12.2. The van der Waals surface area contributed by atoms with Gasteiger partial charge in [-0.25, -0.2) is 0 Å². The van der Waals surface area contributed by atoms with Gasteiger partial charge in [-0.15, -0.1) is 0 Å². The molecule has 0 amide bonds. The van der Waals surface area contributed by atoms with Crippen LogP contribution in [0.3, 0.4) is 0 Å². The van der Waals surface area contributed by atoms with Crippen molar-refractivity contribution in [2.24, 2.45) is 11.5 Å². The smallest absolute Gasteiger partial charge is 0.204 e. The van der Waals surface area contributed by atoms with Crippen molar-refractivity contribution in [3.8, 4) is 108 Å². The van der Waals surface area contributed by atoms with Crippen LogP contribution in [0.1, 0.15) is 11.1 Å². The predicted octanol–water partition coefficient (Wildman–Crippen LogP) is 6.65. The molecule has 59 heavy (non-hydrogen) atoms. The second-order valence-electron chi connectivity index (χ2n) is 14.4. The van der Waals surface area contributed by atoms with Crippen LogP contribution in [0.25, 0.3) is 87.6 Å². The van der Waals surface area contributed by atoms with E-state index < -0.39 is 130 Å². The van der Waals surface area contributed by atoms with Crippen molar-refractivity contribution in [2.75, 3.05) is 0 Å². The van der Waals surface area contributed by atoms with Crippen molar-refractivity contribution in [1.29, 1.82) is 0 Å². The zero-order valence-electron chi connectivity index (χ0n) is 29.7. The first-order valence-corrected chi connectivity index (χ1v) is 17.5. The molecule has 0 bridgehead atoms. The van der Waals surface area contributed by atoms with Gasteiger partial charge in [-0.3, -0.25) is 0 Å². The number of benzene rings is 8. The molecule has 0 spiro atoms. The molecule has 9 aromatic rings. The summed E-state index contributed by atoms with van der Waals surface area (Å²) in [4.78, 5) is 0. The Morgan fingerprint density at radius 2 is 0.881 bits per heavy atom. The lowest BCUT2D eigenvalue weighted by Gasteiger charge is -2.24. The van der Waals surface area contributed by atoms with E-state index in [0.717, 1.165) is 16.8 Å². The first-order valence-electron chi connectivity index (χ1n) is 17.5. The van der Waals surface area contributed by atoms with Crippen molar-refractivity contribution in [3.05, 3.63) is 77.9 Å². The standard InChI is InChI=1S/C43H28N2O14/c44-43(45)18-7-6-15(30(46)23(18)28-29(43)36(52)42(58)41(57)35(28)51)22-26-24(31(47)37(53)39(55)33(26)49)21(25-27(22)34(50)40(56)38(54)32(25)48)14-5-8-19-16(10-14)17-9-12-3-1-2-4-13(12)11-20(17)59-19/h1-11,46-58H,44-45H2. The molecule has 1 aromatic heterocycles. The highest BCUT2D eigenvalue weighted by molar-refractivity contribution is 6.30. The molecule has 0 saturated heterocycles. The van der Waals surface area contributed by atoms with Crippen molar-refractivity contribution < 1.29 is 70.8 Å². The Labute approximate surface area is 327 Å². The summed E-state index contributed by atoms with van der Waals surface area (Å²) in [6, 6.07) is 18.2. The first-order chi connectivity index (χ1) is 28.0. The molecular weight excluding hydrogens is 768 g/mol. The number of rotatable bonds is 2. The summed E-state index contributed by atoms with van der Waals surface area (Å²) in [6.07, 6.45) is 0. The number of fused-ring (bicyclic) bond motifs is 9. The van der Waals surface area contributed by atoms with E-state index in [9.17, 15) is 66.4 Å². The molecule has 8 aromatic carbocycles.